The summed E-state index contributed by atoms with van der Waals surface area (Å²) in [5.41, 5.74) is 3.48. The number of imide groups is 1. The van der Waals surface area contributed by atoms with Crippen LogP contribution in [0.25, 0.3) is 5.57 Å². The van der Waals surface area contributed by atoms with Crippen molar-refractivity contribution in [3.05, 3.63) is 107 Å². The molecule has 0 radical (unpaired) electrons. The fraction of sp³-hybridized carbons (Fsp3) is 0.214. The van der Waals surface area contributed by atoms with Gasteiger partial charge in [0.2, 0.25) is 0 Å². The summed E-state index contributed by atoms with van der Waals surface area (Å²) in [5, 5.41) is 0.384. The van der Waals surface area contributed by atoms with E-state index in [0.29, 0.717) is 27.9 Å². The second-order valence-electron chi connectivity index (χ2n) is 8.61. The molecule has 0 bridgehead atoms. The van der Waals surface area contributed by atoms with Gasteiger partial charge in [-0.3, -0.25) is 9.59 Å². The first-order valence-corrected chi connectivity index (χ1v) is 11.7. The average molecular weight is 457 g/mol. The Morgan fingerprint density at radius 1 is 0.758 bits per heavy atom. The number of carbonyl (C=O) groups is 2. The van der Waals surface area contributed by atoms with Gasteiger partial charge in [-0.2, -0.15) is 0 Å². The summed E-state index contributed by atoms with van der Waals surface area (Å²) in [6, 6.07) is 27.0. The third-order valence-electron chi connectivity index (χ3n) is 6.51. The maximum Gasteiger partial charge on any atom is 0.282 e. The van der Waals surface area contributed by atoms with Crippen LogP contribution in [-0.4, -0.2) is 29.8 Å². The van der Waals surface area contributed by atoms with Gasteiger partial charge in [0.1, 0.15) is 5.70 Å². The Balaban J connectivity index is 1.44. The number of carbonyl (C=O) groups excluding carboxylic acids is 2. The number of amides is 2. The largest absolute Gasteiger partial charge is 0.366 e. The summed E-state index contributed by atoms with van der Waals surface area (Å²) in [7, 11) is 0. The molecule has 0 spiro atoms. The number of hydrogen-bond donors (Lipinski definition) is 0. The van der Waals surface area contributed by atoms with Crippen LogP contribution in [0.15, 0.2) is 90.6 Å². The molecule has 5 rings (SSSR count). The van der Waals surface area contributed by atoms with Crippen molar-refractivity contribution in [3.8, 4) is 0 Å². The van der Waals surface area contributed by atoms with Gasteiger partial charge in [0.25, 0.3) is 11.8 Å². The quantitative estimate of drug-likeness (QED) is 0.470. The predicted octanol–water partition coefficient (Wildman–Crippen LogP) is 5.58. The fourth-order valence-electron chi connectivity index (χ4n) is 4.84. The minimum Gasteiger partial charge on any atom is -0.366 e. The van der Waals surface area contributed by atoms with Gasteiger partial charge in [-0.15, -0.1) is 0 Å². The molecule has 33 heavy (non-hydrogen) atoms. The fourth-order valence-corrected chi connectivity index (χ4v) is 5.06. The summed E-state index contributed by atoms with van der Waals surface area (Å²) in [5.74, 6) is -0.0505. The van der Waals surface area contributed by atoms with Crippen LogP contribution in [-0.2, 0) is 16.0 Å². The standard InChI is InChI=1S/C28H25ClN2O2/c29-23-13-7-8-14-24(23)31-27(32)25(22-11-5-2-6-12-22)26(28(31)33)30-17-15-21(16-18-30)19-20-9-3-1-4-10-20/h1-14,21H,15-19H2. The lowest BCUT2D eigenvalue weighted by Crippen LogP contribution is -2.39. The molecule has 3 aromatic carbocycles. The van der Waals surface area contributed by atoms with Gasteiger partial charge in [0.05, 0.1) is 16.3 Å². The first kappa shape index (κ1) is 21.5. The van der Waals surface area contributed by atoms with Gasteiger partial charge in [-0.1, -0.05) is 84.4 Å². The highest BCUT2D eigenvalue weighted by Crippen LogP contribution is 2.38. The maximum atomic E-state index is 13.7. The topological polar surface area (TPSA) is 40.6 Å². The van der Waals surface area contributed by atoms with Crippen molar-refractivity contribution < 1.29 is 9.59 Å². The number of likely N-dealkylation sites (tertiary alicyclic amines) is 1. The molecule has 2 heterocycles. The lowest BCUT2D eigenvalue weighted by atomic mass is 9.89. The number of nitrogens with zero attached hydrogens (tertiary/aromatic N) is 2. The molecule has 2 aliphatic rings. The van der Waals surface area contributed by atoms with Crippen LogP contribution in [0.1, 0.15) is 24.0 Å². The Morgan fingerprint density at radius 3 is 2.03 bits per heavy atom. The molecule has 0 unspecified atom stereocenters. The van der Waals surface area contributed by atoms with Crippen LogP contribution in [0, 0.1) is 5.92 Å². The molecule has 0 saturated carbocycles. The monoisotopic (exact) mass is 456 g/mol. The third-order valence-corrected chi connectivity index (χ3v) is 6.83. The molecule has 5 heteroatoms. The smallest absolute Gasteiger partial charge is 0.282 e. The minimum atomic E-state index is -0.319. The summed E-state index contributed by atoms with van der Waals surface area (Å²) in [6.45, 7) is 1.50. The van der Waals surface area contributed by atoms with Gasteiger partial charge in [0.15, 0.2) is 0 Å². The molecular weight excluding hydrogens is 432 g/mol. The Hall–Kier alpha value is -3.37. The van der Waals surface area contributed by atoms with E-state index >= 15 is 0 Å². The second kappa shape index (κ2) is 9.24. The molecule has 2 amide bonds. The number of hydrogen-bond acceptors (Lipinski definition) is 3. The Bertz CT molecular complexity index is 1200. The molecule has 4 nitrogen and oxygen atoms in total. The lowest BCUT2D eigenvalue weighted by molar-refractivity contribution is -0.120. The number of rotatable bonds is 5. The molecule has 0 atom stereocenters. The van der Waals surface area contributed by atoms with Gasteiger partial charge in [0, 0.05) is 13.1 Å². The first-order valence-electron chi connectivity index (χ1n) is 11.4. The van der Waals surface area contributed by atoms with E-state index in [9.17, 15) is 9.59 Å². The molecule has 0 aromatic heterocycles. The molecule has 3 aromatic rings. The number of benzene rings is 3. The molecule has 166 valence electrons. The highest BCUT2D eigenvalue weighted by atomic mass is 35.5. The van der Waals surface area contributed by atoms with Crippen molar-refractivity contribution in [2.24, 2.45) is 5.92 Å². The van der Waals surface area contributed by atoms with E-state index in [2.05, 4.69) is 29.2 Å². The highest BCUT2D eigenvalue weighted by molar-refractivity contribution is 6.47. The van der Waals surface area contributed by atoms with Gasteiger partial charge < -0.3 is 4.90 Å². The molecule has 0 N–H and O–H groups in total. The normalized spacial score (nSPS) is 17.2. The Morgan fingerprint density at radius 2 is 1.36 bits per heavy atom. The highest BCUT2D eigenvalue weighted by Gasteiger charge is 2.43. The zero-order valence-corrected chi connectivity index (χ0v) is 19.0. The second-order valence-corrected chi connectivity index (χ2v) is 9.01. The molecular formula is C28H25ClN2O2. The number of para-hydroxylation sites is 1. The predicted molar refractivity (Wildman–Crippen MR) is 132 cm³/mol. The zero-order valence-electron chi connectivity index (χ0n) is 18.3. The number of piperidine rings is 1. The van der Waals surface area contributed by atoms with E-state index in [4.69, 9.17) is 11.6 Å². The van der Waals surface area contributed by atoms with Crippen LogP contribution in [0.5, 0.6) is 0 Å². The van der Waals surface area contributed by atoms with E-state index in [1.165, 1.54) is 10.5 Å². The van der Waals surface area contributed by atoms with E-state index in [-0.39, 0.29) is 11.8 Å². The summed E-state index contributed by atoms with van der Waals surface area (Å²) < 4.78 is 0. The number of anilines is 1. The van der Waals surface area contributed by atoms with Crippen molar-refractivity contribution in [2.45, 2.75) is 19.3 Å². The number of halogens is 1. The Labute approximate surface area is 199 Å². The van der Waals surface area contributed by atoms with Crippen LogP contribution in [0.4, 0.5) is 5.69 Å². The van der Waals surface area contributed by atoms with E-state index < -0.39 is 0 Å². The van der Waals surface area contributed by atoms with Gasteiger partial charge >= 0.3 is 0 Å². The van der Waals surface area contributed by atoms with Crippen molar-refractivity contribution in [1.29, 1.82) is 0 Å². The van der Waals surface area contributed by atoms with Crippen molar-refractivity contribution in [3.63, 3.8) is 0 Å². The van der Waals surface area contributed by atoms with E-state index in [1.807, 2.05) is 36.4 Å². The van der Waals surface area contributed by atoms with Crippen LogP contribution in [0.2, 0.25) is 5.02 Å². The maximum absolute atomic E-state index is 13.7. The van der Waals surface area contributed by atoms with Gasteiger partial charge in [-0.05, 0) is 48.4 Å². The zero-order chi connectivity index (χ0) is 22.8. The Kier molecular flexibility index (Phi) is 6.01. The van der Waals surface area contributed by atoms with E-state index in [0.717, 1.165) is 37.9 Å². The molecule has 0 aliphatic carbocycles. The SMILES string of the molecule is O=C1C(c2ccccc2)=C(N2CCC(Cc3ccccc3)CC2)C(=O)N1c1ccccc1Cl. The summed E-state index contributed by atoms with van der Waals surface area (Å²) in [6.07, 6.45) is 3.00. The van der Waals surface area contributed by atoms with Crippen molar-refractivity contribution in [2.75, 3.05) is 18.0 Å². The van der Waals surface area contributed by atoms with Crippen molar-refractivity contribution >= 4 is 34.7 Å². The average Bonchev–Trinajstić information content (AvgIpc) is 3.11. The van der Waals surface area contributed by atoms with Gasteiger partial charge in [-0.25, -0.2) is 4.90 Å². The van der Waals surface area contributed by atoms with Crippen molar-refractivity contribution in [1.82, 2.24) is 4.90 Å². The lowest BCUT2D eigenvalue weighted by Gasteiger charge is -2.34. The molecule has 1 fully saturated rings. The minimum absolute atomic E-state index is 0.298. The van der Waals surface area contributed by atoms with Crippen LogP contribution >= 0.6 is 11.6 Å². The first-order chi connectivity index (χ1) is 16.1. The third kappa shape index (κ3) is 4.19. The molecule has 2 aliphatic heterocycles. The van der Waals surface area contributed by atoms with Crippen LogP contribution in [0.3, 0.4) is 0 Å². The summed E-state index contributed by atoms with van der Waals surface area (Å²) in [4.78, 5) is 30.6. The molecule has 1 saturated heterocycles. The summed E-state index contributed by atoms with van der Waals surface area (Å²) >= 11 is 6.38. The van der Waals surface area contributed by atoms with Crippen LogP contribution < -0.4 is 4.90 Å². The van der Waals surface area contributed by atoms with E-state index in [1.54, 1.807) is 24.3 Å².